The molecule has 0 bridgehead atoms. The van der Waals surface area contributed by atoms with Crippen LogP contribution in [0.1, 0.15) is 11.1 Å². The van der Waals surface area contributed by atoms with Crippen molar-refractivity contribution >= 4 is 0 Å². The van der Waals surface area contributed by atoms with Gasteiger partial charge in [-0.3, -0.25) is 0 Å². The van der Waals surface area contributed by atoms with Crippen LogP contribution in [-0.4, -0.2) is 14.2 Å². The van der Waals surface area contributed by atoms with E-state index in [0.29, 0.717) is 6.54 Å². The van der Waals surface area contributed by atoms with Crippen molar-refractivity contribution < 1.29 is 9.47 Å². The summed E-state index contributed by atoms with van der Waals surface area (Å²) in [5.41, 5.74) is 10.1. The van der Waals surface area contributed by atoms with Crippen LogP contribution in [0, 0.1) is 6.92 Å². The van der Waals surface area contributed by atoms with Crippen LogP contribution in [0.5, 0.6) is 11.5 Å². The molecular weight excluding hydrogens is 238 g/mol. The molecule has 0 radical (unpaired) electrons. The molecule has 2 rings (SSSR count). The largest absolute Gasteiger partial charge is 0.496 e. The molecule has 0 atom stereocenters. The summed E-state index contributed by atoms with van der Waals surface area (Å²) in [6, 6.07) is 12.0. The molecule has 3 nitrogen and oxygen atoms in total. The molecule has 2 aromatic carbocycles. The van der Waals surface area contributed by atoms with E-state index < -0.39 is 0 Å². The lowest BCUT2D eigenvalue weighted by Crippen LogP contribution is -1.99. The van der Waals surface area contributed by atoms with E-state index in [9.17, 15) is 0 Å². The van der Waals surface area contributed by atoms with Crippen LogP contribution in [0.3, 0.4) is 0 Å². The molecule has 0 aliphatic rings. The summed E-state index contributed by atoms with van der Waals surface area (Å²) < 4.78 is 10.9. The molecule has 0 aliphatic carbocycles. The van der Waals surface area contributed by atoms with E-state index in [4.69, 9.17) is 15.2 Å². The highest BCUT2D eigenvalue weighted by Gasteiger charge is 2.14. The molecule has 2 N–H and O–H groups in total. The van der Waals surface area contributed by atoms with E-state index >= 15 is 0 Å². The fourth-order valence-electron chi connectivity index (χ4n) is 2.18. The summed E-state index contributed by atoms with van der Waals surface area (Å²) in [5.74, 6) is 1.60. The Morgan fingerprint density at radius 2 is 1.63 bits per heavy atom. The van der Waals surface area contributed by atoms with Gasteiger partial charge >= 0.3 is 0 Å². The number of rotatable bonds is 4. The van der Waals surface area contributed by atoms with Crippen molar-refractivity contribution in [3.63, 3.8) is 0 Å². The first kappa shape index (κ1) is 13.4. The van der Waals surface area contributed by atoms with Crippen molar-refractivity contribution in [1.29, 1.82) is 0 Å². The molecule has 19 heavy (non-hydrogen) atoms. The fraction of sp³-hybridized carbons (Fsp3) is 0.250. The summed E-state index contributed by atoms with van der Waals surface area (Å²) in [6.45, 7) is 2.59. The molecule has 0 amide bonds. The number of nitrogens with two attached hydrogens (primary N) is 1. The van der Waals surface area contributed by atoms with Crippen LogP contribution >= 0.6 is 0 Å². The molecule has 0 fully saturated rings. The highest BCUT2D eigenvalue weighted by molar-refractivity contribution is 5.79. The number of ether oxygens (including phenoxy) is 2. The minimum absolute atomic E-state index is 0.519. The second-order valence-electron chi connectivity index (χ2n) is 4.39. The zero-order chi connectivity index (χ0) is 13.8. The summed E-state index contributed by atoms with van der Waals surface area (Å²) in [7, 11) is 3.33. The van der Waals surface area contributed by atoms with Crippen LogP contribution in [0.15, 0.2) is 36.4 Å². The zero-order valence-corrected chi connectivity index (χ0v) is 11.6. The van der Waals surface area contributed by atoms with Gasteiger partial charge in [0.15, 0.2) is 0 Å². The molecule has 0 unspecified atom stereocenters. The lowest BCUT2D eigenvalue weighted by atomic mass is 9.96. The van der Waals surface area contributed by atoms with E-state index in [-0.39, 0.29) is 0 Å². The molecule has 3 heteroatoms. The molecule has 0 spiro atoms. The van der Waals surface area contributed by atoms with Gasteiger partial charge in [-0.15, -0.1) is 0 Å². The maximum Gasteiger partial charge on any atom is 0.130 e. The number of aryl methyl sites for hydroxylation is 1. The second kappa shape index (κ2) is 5.76. The van der Waals surface area contributed by atoms with Crippen molar-refractivity contribution in [1.82, 2.24) is 0 Å². The van der Waals surface area contributed by atoms with Crippen molar-refractivity contribution in [2.24, 2.45) is 5.73 Å². The number of hydrogen-bond acceptors (Lipinski definition) is 3. The minimum atomic E-state index is 0.519. The minimum Gasteiger partial charge on any atom is -0.496 e. The monoisotopic (exact) mass is 257 g/mol. The summed E-state index contributed by atoms with van der Waals surface area (Å²) in [4.78, 5) is 0. The maximum atomic E-state index is 5.73. The molecule has 0 aliphatic heterocycles. The van der Waals surface area contributed by atoms with Crippen LogP contribution in [0.2, 0.25) is 0 Å². The van der Waals surface area contributed by atoms with E-state index in [2.05, 4.69) is 19.1 Å². The van der Waals surface area contributed by atoms with E-state index in [1.165, 1.54) is 5.56 Å². The lowest BCUT2D eigenvalue weighted by Gasteiger charge is -2.15. The third-order valence-corrected chi connectivity index (χ3v) is 3.23. The average molecular weight is 257 g/mol. The summed E-state index contributed by atoms with van der Waals surface area (Å²) >= 11 is 0. The Kier molecular flexibility index (Phi) is 4.07. The Balaban J connectivity index is 2.69. The van der Waals surface area contributed by atoms with Gasteiger partial charge in [-0.25, -0.2) is 0 Å². The Hall–Kier alpha value is -2.00. The van der Waals surface area contributed by atoms with Gasteiger partial charge in [0.25, 0.3) is 0 Å². The summed E-state index contributed by atoms with van der Waals surface area (Å²) in [6.07, 6.45) is 0. The van der Waals surface area contributed by atoms with Crippen molar-refractivity contribution in [3.05, 3.63) is 47.5 Å². The van der Waals surface area contributed by atoms with Gasteiger partial charge in [0, 0.05) is 6.54 Å². The molecule has 0 saturated heterocycles. The highest BCUT2D eigenvalue weighted by Crippen LogP contribution is 2.40. The third-order valence-electron chi connectivity index (χ3n) is 3.23. The van der Waals surface area contributed by atoms with Crippen molar-refractivity contribution in [2.75, 3.05) is 14.2 Å². The Bertz CT molecular complexity index is 557. The standard InChI is InChI=1S/C16H19NO2/c1-11-7-8-12(10-17)9-13(11)16-14(18-2)5-4-6-15(16)19-3/h4-9H,10,17H2,1-3H3. The molecule has 0 heterocycles. The molecule has 0 aromatic heterocycles. The van der Waals surface area contributed by atoms with Crippen LogP contribution in [0.25, 0.3) is 11.1 Å². The summed E-state index contributed by atoms with van der Waals surface area (Å²) in [5, 5.41) is 0. The van der Waals surface area contributed by atoms with E-state index in [0.717, 1.165) is 28.2 Å². The first-order chi connectivity index (χ1) is 9.21. The molecule has 100 valence electrons. The first-order valence-electron chi connectivity index (χ1n) is 6.22. The lowest BCUT2D eigenvalue weighted by molar-refractivity contribution is 0.397. The quantitative estimate of drug-likeness (QED) is 0.915. The van der Waals surface area contributed by atoms with Crippen LogP contribution in [0.4, 0.5) is 0 Å². The predicted octanol–water partition coefficient (Wildman–Crippen LogP) is 3.14. The Morgan fingerprint density at radius 1 is 1.00 bits per heavy atom. The topological polar surface area (TPSA) is 44.5 Å². The van der Waals surface area contributed by atoms with Gasteiger partial charge in [0.2, 0.25) is 0 Å². The maximum absolute atomic E-state index is 5.73. The van der Waals surface area contributed by atoms with Gasteiger partial charge in [0.05, 0.1) is 19.8 Å². The predicted molar refractivity (Wildman–Crippen MR) is 77.6 cm³/mol. The van der Waals surface area contributed by atoms with Crippen molar-refractivity contribution in [3.8, 4) is 22.6 Å². The normalized spacial score (nSPS) is 10.3. The average Bonchev–Trinajstić information content (AvgIpc) is 2.47. The Morgan fingerprint density at radius 3 is 2.16 bits per heavy atom. The van der Waals surface area contributed by atoms with Crippen molar-refractivity contribution in [2.45, 2.75) is 13.5 Å². The Labute approximate surface area is 114 Å². The second-order valence-corrected chi connectivity index (χ2v) is 4.39. The molecule has 0 saturated carbocycles. The van der Waals surface area contributed by atoms with Crippen LogP contribution < -0.4 is 15.2 Å². The number of benzene rings is 2. The van der Waals surface area contributed by atoms with Gasteiger partial charge in [-0.1, -0.05) is 18.2 Å². The number of methoxy groups -OCH3 is 2. The zero-order valence-electron chi connectivity index (χ0n) is 11.6. The highest BCUT2D eigenvalue weighted by atomic mass is 16.5. The van der Waals surface area contributed by atoms with Gasteiger partial charge < -0.3 is 15.2 Å². The van der Waals surface area contributed by atoms with E-state index in [1.807, 2.05) is 24.3 Å². The third kappa shape index (κ3) is 2.56. The fourth-order valence-corrected chi connectivity index (χ4v) is 2.18. The van der Waals surface area contributed by atoms with Gasteiger partial charge in [-0.05, 0) is 41.8 Å². The SMILES string of the molecule is COc1cccc(OC)c1-c1cc(CN)ccc1C. The first-order valence-corrected chi connectivity index (χ1v) is 6.22. The molecule has 2 aromatic rings. The smallest absolute Gasteiger partial charge is 0.130 e. The van der Waals surface area contributed by atoms with Crippen LogP contribution in [-0.2, 0) is 6.54 Å². The molecular formula is C16H19NO2. The number of hydrogen-bond donors (Lipinski definition) is 1. The van der Waals surface area contributed by atoms with Gasteiger partial charge in [0.1, 0.15) is 11.5 Å². The van der Waals surface area contributed by atoms with E-state index in [1.54, 1.807) is 14.2 Å². The van der Waals surface area contributed by atoms with Gasteiger partial charge in [-0.2, -0.15) is 0 Å².